The summed E-state index contributed by atoms with van der Waals surface area (Å²) in [7, 11) is 0. The van der Waals surface area contributed by atoms with Crippen molar-refractivity contribution in [1.82, 2.24) is 20.2 Å². The Labute approximate surface area is 217 Å². The van der Waals surface area contributed by atoms with E-state index in [9.17, 15) is 18.8 Å². The Bertz CT molecular complexity index is 1260. The molecule has 10 nitrogen and oxygen atoms in total. The lowest BCUT2D eigenvalue weighted by Gasteiger charge is -2.26. The number of imidazole rings is 1. The zero-order valence-electron chi connectivity index (χ0n) is 19.9. The van der Waals surface area contributed by atoms with Crippen LogP contribution in [-0.4, -0.2) is 72.0 Å². The monoisotopic (exact) mass is 528 g/mol. The first-order chi connectivity index (χ1) is 17.9. The number of hydrogen-bond acceptors (Lipinski definition) is 6. The highest BCUT2D eigenvalue weighted by Gasteiger charge is 2.20. The zero-order valence-corrected chi connectivity index (χ0v) is 20.6. The van der Waals surface area contributed by atoms with E-state index in [1.54, 1.807) is 24.3 Å². The average molecular weight is 529 g/mol. The summed E-state index contributed by atoms with van der Waals surface area (Å²) >= 11 is 5.93. The van der Waals surface area contributed by atoms with E-state index in [0.717, 1.165) is 51.4 Å². The SMILES string of the molecule is O=C(Nc1ccc(NC(=O)c2nc[nH]c2C(=O)NCCCN2CCOCC2)cc1)c1ccc(F)cc1Cl. The quantitative estimate of drug-likeness (QED) is 0.316. The van der Waals surface area contributed by atoms with Gasteiger partial charge < -0.3 is 25.7 Å². The van der Waals surface area contributed by atoms with Crippen LogP contribution in [0.5, 0.6) is 0 Å². The standard InChI is InChI=1S/C25H26ClFN6O4/c26-20-14-16(27)2-7-19(20)23(34)31-17-3-5-18(6-4-17)32-25(36)22-21(29-15-30-22)24(35)28-8-1-9-33-10-12-37-13-11-33/h2-7,14-15H,1,8-13H2,(H,28,35)(H,29,30)(H,31,34)(H,32,36). The van der Waals surface area contributed by atoms with E-state index in [0.29, 0.717) is 17.9 Å². The molecule has 0 spiro atoms. The third kappa shape index (κ3) is 7.13. The molecule has 0 radical (unpaired) electrons. The van der Waals surface area contributed by atoms with Crippen molar-refractivity contribution in [3.8, 4) is 0 Å². The lowest BCUT2D eigenvalue weighted by Crippen LogP contribution is -2.38. The van der Waals surface area contributed by atoms with Crippen molar-refractivity contribution >= 4 is 40.7 Å². The van der Waals surface area contributed by atoms with Gasteiger partial charge in [-0.15, -0.1) is 0 Å². The molecule has 12 heteroatoms. The third-order valence-corrected chi connectivity index (χ3v) is 6.01. The van der Waals surface area contributed by atoms with Crippen LogP contribution in [0.3, 0.4) is 0 Å². The minimum absolute atomic E-state index is 0.00247. The summed E-state index contributed by atoms with van der Waals surface area (Å²) in [5.74, 6) is -2.02. The molecule has 1 aliphatic rings. The minimum atomic E-state index is -0.561. The molecule has 0 aliphatic carbocycles. The lowest BCUT2D eigenvalue weighted by atomic mass is 10.2. The fourth-order valence-electron chi connectivity index (χ4n) is 3.76. The molecule has 1 aliphatic heterocycles. The summed E-state index contributed by atoms with van der Waals surface area (Å²) < 4.78 is 18.5. The number of amides is 3. The zero-order chi connectivity index (χ0) is 26.2. The number of carbonyl (C=O) groups is 3. The molecule has 194 valence electrons. The number of H-pyrrole nitrogens is 1. The summed E-state index contributed by atoms with van der Waals surface area (Å²) in [6, 6.07) is 9.83. The maximum Gasteiger partial charge on any atom is 0.276 e. The van der Waals surface area contributed by atoms with Crippen LogP contribution in [0.4, 0.5) is 15.8 Å². The number of nitrogens with zero attached hydrogens (tertiary/aromatic N) is 2. The van der Waals surface area contributed by atoms with Gasteiger partial charge in [-0.05, 0) is 55.4 Å². The highest BCUT2D eigenvalue weighted by molar-refractivity contribution is 6.34. The molecule has 3 amide bonds. The summed E-state index contributed by atoms with van der Waals surface area (Å²) in [4.78, 5) is 46.7. The molecule has 0 atom stereocenters. The van der Waals surface area contributed by atoms with E-state index in [1.807, 2.05) is 0 Å². The Morgan fingerprint density at radius 1 is 1.00 bits per heavy atom. The number of nitrogens with one attached hydrogen (secondary N) is 4. The van der Waals surface area contributed by atoms with Gasteiger partial charge in [0, 0.05) is 31.0 Å². The first kappa shape index (κ1) is 26.3. The molecule has 1 aromatic heterocycles. The summed E-state index contributed by atoms with van der Waals surface area (Å²) in [5, 5.41) is 8.15. The number of halogens is 2. The van der Waals surface area contributed by atoms with Crippen LogP contribution in [0.1, 0.15) is 37.8 Å². The number of rotatable bonds is 9. The Morgan fingerprint density at radius 3 is 2.35 bits per heavy atom. The molecular weight excluding hydrogens is 503 g/mol. The molecule has 2 aromatic carbocycles. The minimum Gasteiger partial charge on any atom is -0.379 e. The molecule has 37 heavy (non-hydrogen) atoms. The second-order valence-electron chi connectivity index (χ2n) is 8.30. The van der Waals surface area contributed by atoms with Gasteiger partial charge in [0.15, 0.2) is 5.69 Å². The van der Waals surface area contributed by atoms with Gasteiger partial charge in [0.25, 0.3) is 17.7 Å². The van der Waals surface area contributed by atoms with Gasteiger partial charge in [0.2, 0.25) is 0 Å². The van der Waals surface area contributed by atoms with Crippen molar-refractivity contribution in [3.63, 3.8) is 0 Å². The van der Waals surface area contributed by atoms with Crippen LogP contribution in [0.2, 0.25) is 5.02 Å². The van der Waals surface area contributed by atoms with Gasteiger partial charge in [0.05, 0.1) is 30.1 Å². The van der Waals surface area contributed by atoms with Crippen molar-refractivity contribution in [2.24, 2.45) is 0 Å². The average Bonchev–Trinajstić information content (AvgIpc) is 3.39. The maximum absolute atomic E-state index is 13.2. The highest BCUT2D eigenvalue weighted by atomic mass is 35.5. The van der Waals surface area contributed by atoms with Gasteiger partial charge in [-0.3, -0.25) is 19.3 Å². The lowest BCUT2D eigenvalue weighted by molar-refractivity contribution is 0.0374. The number of morpholine rings is 1. The molecule has 1 fully saturated rings. The van der Waals surface area contributed by atoms with Gasteiger partial charge >= 0.3 is 0 Å². The summed E-state index contributed by atoms with van der Waals surface area (Å²) in [6.45, 7) is 4.53. The number of aromatic nitrogens is 2. The molecule has 0 bridgehead atoms. The fraction of sp³-hybridized carbons (Fsp3) is 0.280. The maximum atomic E-state index is 13.2. The van der Waals surface area contributed by atoms with Crippen LogP contribution < -0.4 is 16.0 Å². The molecule has 3 aromatic rings. The molecule has 0 saturated carbocycles. The molecule has 2 heterocycles. The van der Waals surface area contributed by atoms with Crippen LogP contribution in [0, 0.1) is 5.82 Å². The Kier molecular flexibility index (Phi) is 8.83. The predicted octanol–water partition coefficient (Wildman–Crippen LogP) is 3.16. The smallest absolute Gasteiger partial charge is 0.276 e. The Morgan fingerprint density at radius 2 is 1.68 bits per heavy atom. The van der Waals surface area contributed by atoms with E-state index < -0.39 is 23.5 Å². The van der Waals surface area contributed by atoms with Gasteiger partial charge in [-0.25, -0.2) is 9.37 Å². The topological polar surface area (TPSA) is 128 Å². The fourth-order valence-corrected chi connectivity index (χ4v) is 4.01. The van der Waals surface area contributed by atoms with Crippen molar-refractivity contribution in [2.75, 3.05) is 50.0 Å². The van der Waals surface area contributed by atoms with Gasteiger partial charge in [-0.1, -0.05) is 11.6 Å². The number of carbonyl (C=O) groups excluding carboxylic acids is 3. The molecular formula is C25H26ClFN6O4. The third-order valence-electron chi connectivity index (χ3n) is 5.70. The number of aromatic amines is 1. The number of ether oxygens (including phenoxy) is 1. The van der Waals surface area contributed by atoms with Crippen molar-refractivity contribution < 1.29 is 23.5 Å². The second kappa shape index (κ2) is 12.4. The van der Waals surface area contributed by atoms with Crippen LogP contribution in [0.25, 0.3) is 0 Å². The predicted molar refractivity (Wildman–Crippen MR) is 137 cm³/mol. The van der Waals surface area contributed by atoms with E-state index in [1.165, 1.54) is 12.4 Å². The van der Waals surface area contributed by atoms with Crippen molar-refractivity contribution in [3.05, 3.63) is 76.6 Å². The van der Waals surface area contributed by atoms with Gasteiger partial charge in [-0.2, -0.15) is 0 Å². The molecule has 4 rings (SSSR count). The molecule has 1 saturated heterocycles. The Hall–Kier alpha value is -3.80. The van der Waals surface area contributed by atoms with E-state index >= 15 is 0 Å². The van der Waals surface area contributed by atoms with Crippen LogP contribution in [-0.2, 0) is 4.74 Å². The van der Waals surface area contributed by atoms with E-state index in [4.69, 9.17) is 16.3 Å². The Balaban J connectivity index is 1.28. The second-order valence-corrected chi connectivity index (χ2v) is 8.71. The highest BCUT2D eigenvalue weighted by Crippen LogP contribution is 2.20. The summed E-state index contributed by atoms with van der Waals surface area (Å²) in [6.07, 6.45) is 2.06. The number of anilines is 2. The van der Waals surface area contributed by atoms with Crippen molar-refractivity contribution in [2.45, 2.75) is 6.42 Å². The normalized spacial score (nSPS) is 13.7. The molecule has 0 unspecified atom stereocenters. The van der Waals surface area contributed by atoms with Crippen LogP contribution in [0.15, 0.2) is 48.8 Å². The summed E-state index contributed by atoms with van der Waals surface area (Å²) in [5.41, 5.74) is 1.05. The van der Waals surface area contributed by atoms with Crippen LogP contribution >= 0.6 is 11.6 Å². The van der Waals surface area contributed by atoms with Crippen molar-refractivity contribution in [1.29, 1.82) is 0 Å². The first-order valence-corrected chi connectivity index (χ1v) is 12.1. The molecule has 4 N–H and O–H groups in total. The van der Waals surface area contributed by atoms with E-state index in [-0.39, 0.29) is 22.0 Å². The number of hydrogen-bond donors (Lipinski definition) is 4. The van der Waals surface area contributed by atoms with Gasteiger partial charge in [0.1, 0.15) is 11.5 Å². The van der Waals surface area contributed by atoms with E-state index in [2.05, 4.69) is 30.8 Å². The number of benzene rings is 2. The first-order valence-electron chi connectivity index (χ1n) is 11.7. The largest absolute Gasteiger partial charge is 0.379 e.